The van der Waals surface area contributed by atoms with E-state index >= 15 is 0 Å². The van der Waals surface area contributed by atoms with Gasteiger partial charge in [0.1, 0.15) is 0 Å². The number of nitrogens with zero attached hydrogens (tertiary/aromatic N) is 1. The maximum absolute atomic E-state index is 2.45. The molecule has 1 heterocycles. The minimum Gasteiger partial charge on any atom is -0.369 e. The summed E-state index contributed by atoms with van der Waals surface area (Å²) in [7, 11) is 0. The molecule has 1 heteroatoms. The van der Waals surface area contributed by atoms with Crippen molar-refractivity contribution in [2.24, 2.45) is 0 Å². The minimum absolute atomic E-state index is 0.522. The fourth-order valence-electron chi connectivity index (χ4n) is 2.15. The van der Waals surface area contributed by atoms with Crippen molar-refractivity contribution in [3.8, 4) is 0 Å². The summed E-state index contributed by atoms with van der Waals surface area (Å²) in [4.78, 5) is 2.45. The lowest BCUT2D eigenvalue weighted by Gasteiger charge is -2.32. The van der Waals surface area contributed by atoms with Crippen molar-refractivity contribution < 1.29 is 0 Å². The van der Waals surface area contributed by atoms with Gasteiger partial charge in [-0.15, -0.1) is 0 Å². The van der Waals surface area contributed by atoms with Crippen LogP contribution in [0, 0.1) is 0 Å². The van der Waals surface area contributed by atoms with Crippen LogP contribution in [0.1, 0.15) is 19.4 Å². The molecule has 0 bridgehead atoms. The summed E-state index contributed by atoms with van der Waals surface area (Å²) < 4.78 is 0. The maximum atomic E-state index is 2.45. The molecule has 1 unspecified atom stereocenters. The molecule has 0 aliphatic carbocycles. The van der Waals surface area contributed by atoms with E-state index in [0.29, 0.717) is 6.04 Å². The predicted molar refractivity (Wildman–Crippen MR) is 69.2 cm³/mol. The number of hydrogen-bond acceptors (Lipinski definition) is 1. The monoisotopic (exact) mass is 213 g/mol. The third-order valence-corrected chi connectivity index (χ3v) is 3.16. The predicted octanol–water partition coefficient (Wildman–Crippen LogP) is 3.39. The lowest BCUT2D eigenvalue weighted by Crippen LogP contribution is -2.33. The van der Waals surface area contributed by atoms with Crippen LogP contribution in [0.2, 0.25) is 0 Å². The summed E-state index contributed by atoms with van der Waals surface area (Å²) in [5.41, 5.74) is 2.78. The fourth-order valence-corrected chi connectivity index (χ4v) is 2.15. The molecule has 1 atom stereocenters. The number of rotatable bonds is 3. The van der Waals surface area contributed by atoms with Gasteiger partial charge in [0.05, 0.1) is 0 Å². The molecule has 1 aromatic rings. The Morgan fingerprint density at radius 2 is 1.94 bits per heavy atom. The number of benzene rings is 1. The molecule has 2 rings (SSSR count). The highest BCUT2D eigenvalue weighted by Gasteiger charge is 2.13. The van der Waals surface area contributed by atoms with Crippen LogP contribution in [-0.4, -0.2) is 17.5 Å². The third kappa shape index (κ3) is 2.54. The van der Waals surface area contributed by atoms with Gasteiger partial charge >= 0.3 is 0 Å². The summed E-state index contributed by atoms with van der Waals surface area (Å²) in [6, 6.07) is 11.2. The summed E-state index contributed by atoms with van der Waals surface area (Å²) in [6.45, 7) is 5.53. The van der Waals surface area contributed by atoms with E-state index in [9.17, 15) is 0 Å². The third-order valence-electron chi connectivity index (χ3n) is 3.16. The number of allylic oxidation sites excluding steroid dienone is 3. The van der Waals surface area contributed by atoms with Gasteiger partial charge < -0.3 is 4.90 Å². The first kappa shape index (κ1) is 11.0. The van der Waals surface area contributed by atoms with Gasteiger partial charge in [0, 0.05) is 18.3 Å². The van der Waals surface area contributed by atoms with E-state index in [0.717, 1.165) is 13.0 Å². The molecule has 0 N–H and O–H groups in total. The lowest BCUT2D eigenvalue weighted by atomic mass is 10.1. The van der Waals surface area contributed by atoms with Crippen molar-refractivity contribution in [2.45, 2.75) is 26.3 Å². The van der Waals surface area contributed by atoms with Crippen molar-refractivity contribution in [1.29, 1.82) is 0 Å². The highest BCUT2D eigenvalue weighted by molar-refractivity contribution is 5.20. The maximum Gasteiger partial charge on any atom is 0.0444 e. The van der Waals surface area contributed by atoms with Gasteiger partial charge in [-0.05, 0) is 31.9 Å². The summed E-state index contributed by atoms with van der Waals surface area (Å²) in [5.74, 6) is 0. The van der Waals surface area contributed by atoms with Gasteiger partial charge in [-0.2, -0.15) is 0 Å². The van der Waals surface area contributed by atoms with Crippen LogP contribution in [-0.2, 0) is 6.42 Å². The first-order valence-electron chi connectivity index (χ1n) is 5.93. The van der Waals surface area contributed by atoms with Crippen LogP contribution < -0.4 is 0 Å². The molecule has 0 radical (unpaired) electrons. The Kier molecular flexibility index (Phi) is 3.45. The normalized spacial score (nSPS) is 19.8. The van der Waals surface area contributed by atoms with E-state index in [4.69, 9.17) is 0 Å². The smallest absolute Gasteiger partial charge is 0.0444 e. The van der Waals surface area contributed by atoms with Gasteiger partial charge in [-0.25, -0.2) is 0 Å². The standard InChI is InChI=1S/C15H19N/c1-13-7-6-8-14(2)16(13)12-11-15-9-4-3-5-10-15/h3-10,13H,11-12H2,1-2H3. The molecular weight excluding hydrogens is 194 g/mol. The molecule has 0 amide bonds. The molecule has 1 aliphatic heterocycles. The van der Waals surface area contributed by atoms with Gasteiger partial charge in [-0.3, -0.25) is 0 Å². The molecule has 84 valence electrons. The highest BCUT2D eigenvalue weighted by Crippen LogP contribution is 2.16. The number of hydrogen-bond donors (Lipinski definition) is 0. The molecule has 16 heavy (non-hydrogen) atoms. The molecule has 0 fully saturated rings. The van der Waals surface area contributed by atoms with Crippen LogP contribution in [0.5, 0.6) is 0 Å². The van der Waals surface area contributed by atoms with Crippen LogP contribution in [0.3, 0.4) is 0 Å². The minimum atomic E-state index is 0.522. The molecule has 0 saturated carbocycles. The molecule has 1 aromatic carbocycles. The Morgan fingerprint density at radius 1 is 1.19 bits per heavy atom. The van der Waals surface area contributed by atoms with E-state index in [1.165, 1.54) is 11.3 Å². The second-order valence-electron chi connectivity index (χ2n) is 4.36. The van der Waals surface area contributed by atoms with Gasteiger partial charge in [0.2, 0.25) is 0 Å². The van der Waals surface area contributed by atoms with Gasteiger partial charge in [-0.1, -0.05) is 42.5 Å². The van der Waals surface area contributed by atoms with Crippen LogP contribution in [0.25, 0.3) is 0 Å². The zero-order valence-electron chi connectivity index (χ0n) is 10.1. The first-order valence-corrected chi connectivity index (χ1v) is 5.93. The molecule has 0 spiro atoms. The Hall–Kier alpha value is -1.50. The SMILES string of the molecule is CC1=CC=CC(C)N1CCc1ccccc1. The highest BCUT2D eigenvalue weighted by atomic mass is 15.2. The average molecular weight is 213 g/mol. The van der Waals surface area contributed by atoms with Crippen LogP contribution in [0.4, 0.5) is 0 Å². The molecule has 0 saturated heterocycles. The Bertz CT molecular complexity index is 389. The van der Waals surface area contributed by atoms with E-state index in [1.54, 1.807) is 0 Å². The zero-order valence-corrected chi connectivity index (χ0v) is 10.1. The molecule has 1 aliphatic rings. The van der Waals surface area contributed by atoms with Crippen molar-refractivity contribution in [2.75, 3.05) is 6.54 Å². The van der Waals surface area contributed by atoms with Crippen LogP contribution >= 0.6 is 0 Å². The van der Waals surface area contributed by atoms with Crippen molar-refractivity contribution in [1.82, 2.24) is 4.90 Å². The van der Waals surface area contributed by atoms with E-state index < -0.39 is 0 Å². The van der Waals surface area contributed by atoms with E-state index in [2.05, 4.69) is 67.3 Å². The summed E-state index contributed by atoms with van der Waals surface area (Å²) >= 11 is 0. The van der Waals surface area contributed by atoms with Crippen molar-refractivity contribution in [3.05, 3.63) is 59.8 Å². The van der Waals surface area contributed by atoms with Crippen molar-refractivity contribution in [3.63, 3.8) is 0 Å². The molecular formula is C15H19N. The second-order valence-corrected chi connectivity index (χ2v) is 4.36. The van der Waals surface area contributed by atoms with Gasteiger partial charge in [0.15, 0.2) is 0 Å². The summed E-state index contributed by atoms with van der Waals surface area (Å²) in [6.07, 6.45) is 7.70. The molecule has 1 nitrogen and oxygen atoms in total. The van der Waals surface area contributed by atoms with Crippen LogP contribution in [0.15, 0.2) is 54.3 Å². The van der Waals surface area contributed by atoms with Crippen molar-refractivity contribution >= 4 is 0 Å². The Balaban J connectivity index is 1.96. The summed E-state index contributed by atoms with van der Waals surface area (Å²) in [5, 5.41) is 0. The Labute approximate surface area is 98.1 Å². The Morgan fingerprint density at radius 3 is 2.62 bits per heavy atom. The second kappa shape index (κ2) is 5.02. The largest absolute Gasteiger partial charge is 0.369 e. The lowest BCUT2D eigenvalue weighted by molar-refractivity contribution is 0.307. The first-order chi connectivity index (χ1) is 7.77. The fraction of sp³-hybridized carbons (Fsp3) is 0.333. The van der Waals surface area contributed by atoms with E-state index in [-0.39, 0.29) is 0 Å². The van der Waals surface area contributed by atoms with Gasteiger partial charge in [0.25, 0.3) is 0 Å². The zero-order chi connectivity index (χ0) is 11.4. The average Bonchev–Trinajstić information content (AvgIpc) is 2.30. The quantitative estimate of drug-likeness (QED) is 0.744. The van der Waals surface area contributed by atoms with E-state index in [1.807, 2.05) is 0 Å². The molecule has 0 aromatic heterocycles. The topological polar surface area (TPSA) is 3.24 Å².